The number of hydrogen-bond acceptors (Lipinski definition) is 3. The van der Waals surface area contributed by atoms with Gasteiger partial charge in [0.15, 0.2) is 0 Å². The Morgan fingerprint density at radius 1 is 1.32 bits per heavy atom. The molecule has 0 fully saturated rings. The molecule has 0 aliphatic carbocycles. The van der Waals surface area contributed by atoms with Crippen LogP contribution in [0.4, 0.5) is 0 Å². The van der Waals surface area contributed by atoms with Gasteiger partial charge in [0, 0.05) is 0 Å². The fourth-order valence-electron chi connectivity index (χ4n) is 2.16. The molecule has 19 heavy (non-hydrogen) atoms. The zero-order valence-electron chi connectivity index (χ0n) is 11.9. The van der Waals surface area contributed by atoms with Crippen molar-refractivity contribution in [3.63, 3.8) is 0 Å². The Balaban J connectivity index is 2.98. The largest absolute Gasteiger partial charge is 0.491 e. The summed E-state index contributed by atoms with van der Waals surface area (Å²) in [4.78, 5) is 11.2. The van der Waals surface area contributed by atoms with Gasteiger partial charge in [0.05, 0.1) is 12.0 Å². The van der Waals surface area contributed by atoms with Gasteiger partial charge in [0.25, 0.3) is 0 Å². The van der Waals surface area contributed by atoms with Crippen LogP contribution in [-0.2, 0) is 10.4 Å². The van der Waals surface area contributed by atoms with Crippen molar-refractivity contribution in [2.75, 3.05) is 0 Å². The predicted molar refractivity (Wildman–Crippen MR) is 73.2 cm³/mol. The molecular weight excluding hydrogens is 244 g/mol. The quantitative estimate of drug-likeness (QED) is 0.831. The van der Waals surface area contributed by atoms with E-state index in [0.717, 1.165) is 0 Å². The Bertz CT molecular complexity index is 420. The van der Waals surface area contributed by atoms with Crippen LogP contribution in [0.25, 0.3) is 0 Å². The summed E-state index contributed by atoms with van der Waals surface area (Å²) in [5, 5.41) is 19.6. The molecule has 0 radical (unpaired) electrons. The summed E-state index contributed by atoms with van der Waals surface area (Å²) in [5.74, 6) is -1.11. The second-order valence-corrected chi connectivity index (χ2v) is 5.14. The van der Waals surface area contributed by atoms with E-state index in [0.29, 0.717) is 17.7 Å². The van der Waals surface area contributed by atoms with Gasteiger partial charge in [-0.2, -0.15) is 0 Å². The fourth-order valence-corrected chi connectivity index (χ4v) is 2.16. The van der Waals surface area contributed by atoms with E-state index in [1.54, 1.807) is 31.2 Å². The minimum absolute atomic E-state index is 0.0776. The van der Waals surface area contributed by atoms with Gasteiger partial charge in [-0.1, -0.05) is 19.1 Å². The van der Waals surface area contributed by atoms with Crippen molar-refractivity contribution in [2.45, 2.75) is 45.8 Å². The Labute approximate surface area is 114 Å². The number of carbonyl (C=O) groups is 1. The van der Waals surface area contributed by atoms with Crippen molar-refractivity contribution in [3.8, 4) is 5.75 Å². The van der Waals surface area contributed by atoms with Crippen LogP contribution in [0, 0.1) is 5.92 Å². The molecule has 2 atom stereocenters. The highest BCUT2D eigenvalue weighted by Gasteiger charge is 2.37. The van der Waals surface area contributed by atoms with E-state index in [9.17, 15) is 9.90 Å². The Hall–Kier alpha value is -1.55. The summed E-state index contributed by atoms with van der Waals surface area (Å²) in [5.41, 5.74) is -0.811. The number of aliphatic carboxylic acids is 1. The number of benzene rings is 1. The van der Waals surface area contributed by atoms with Crippen molar-refractivity contribution < 1.29 is 19.7 Å². The van der Waals surface area contributed by atoms with Gasteiger partial charge in [-0.3, -0.25) is 4.79 Å². The van der Waals surface area contributed by atoms with Crippen LogP contribution >= 0.6 is 0 Å². The second-order valence-electron chi connectivity index (χ2n) is 5.14. The number of ether oxygens (including phenoxy) is 1. The second kappa shape index (κ2) is 6.06. The van der Waals surface area contributed by atoms with Crippen LogP contribution in [0.3, 0.4) is 0 Å². The molecule has 0 aliphatic rings. The molecule has 0 spiro atoms. The van der Waals surface area contributed by atoms with Crippen LogP contribution in [0.1, 0.15) is 39.7 Å². The maximum absolute atomic E-state index is 11.2. The molecule has 2 N–H and O–H groups in total. The molecule has 4 nitrogen and oxygen atoms in total. The van der Waals surface area contributed by atoms with Crippen LogP contribution in [0.2, 0.25) is 0 Å². The molecule has 1 aromatic carbocycles. The van der Waals surface area contributed by atoms with E-state index in [-0.39, 0.29) is 6.10 Å². The number of rotatable bonds is 6. The highest BCUT2D eigenvalue weighted by atomic mass is 16.5. The minimum Gasteiger partial charge on any atom is -0.491 e. The molecule has 0 heterocycles. The molecule has 106 valence electrons. The molecular formula is C15H22O4. The lowest BCUT2D eigenvalue weighted by Crippen LogP contribution is -2.36. The Morgan fingerprint density at radius 3 is 2.21 bits per heavy atom. The van der Waals surface area contributed by atoms with Gasteiger partial charge in [-0.15, -0.1) is 0 Å². The number of aliphatic hydroxyl groups is 1. The molecule has 0 aromatic heterocycles. The molecule has 0 bridgehead atoms. The van der Waals surface area contributed by atoms with Gasteiger partial charge in [0.1, 0.15) is 11.4 Å². The van der Waals surface area contributed by atoms with Crippen LogP contribution in [0.5, 0.6) is 5.75 Å². The van der Waals surface area contributed by atoms with Crippen molar-refractivity contribution in [2.24, 2.45) is 5.92 Å². The number of hydrogen-bond donors (Lipinski definition) is 2. The topological polar surface area (TPSA) is 66.8 Å². The molecule has 1 rings (SSSR count). The monoisotopic (exact) mass is 266 g/mol. The normalized spacial score (nSPS) is 15.9. The Kier molecular flexibility index (Phi) is 4.95. The van der Waals surface area contributed by atoms with E-state index in [4.69, 9.17) is 9.84 Å². The molecule has 0 aliphatic heterocycles. The lowest BCUT2D eigenvalue weighted by atomic mass is 9.81. The maximum Gasteiger partial charge on any atom is 0.309 e. The summed E-state index contributed by atoms with van der Waals surface area (Å²) in [6.45, 7) is 7.15. The average Bonchev–Trinajstić information content (AvgIpc) is 2.28. The third-order valence-corrected chi connectivity index (χ3v) is 3.20. The predicted octanol–water partition coefficient (Wildman–Crippen LogP) is 2.79. The summed E-state index contributed by atoms with van der Waals surface area (Å²) in [6.07, 6.45) is 0.445. The lowest BCUT2D eigenvalue weighted by Gasteiger charge is -2.30. The van der Waals surface area contributed by atoms with Crippen molar-refractivity contribution in [3.05, 3.63) is 29.8 Å². The van der Waals surface area contributed by atoms with E-state index in [1.165, 1.54) is 6.92 Å². The lowest BCUT2D eigenvalue weighted by molar-refractivity contribution is -0.152. The van der Waals surface area contributed by atoms with Gasteiger partial charge >= 0.3 is 5.97 Å². The highest BCUT2D eigenvalue weighted by Crippen LogP contribution is 2.32. The first kappa shape index (κ1) is 15.5. The third kappa shape index (κ3) is 3.70. The van der Waals surface area contributed by atoms with Crippen molar-refractivity contribution in [1.82, 2.24) is 0 Å². The van der Waals surface area contributed by atoms with E-state index in [2.05, 4.69) is 0 Å². The zero-order chi connectivity index (χ0) is 14.6. The number of carboxylic acids is 1. The minimum atomic E-state index is -1.39. The first-order chi connectivity index (χ1) is 8.78. The summed E-state index contributed by atoms with van der Waals surface area (Å²) in [7, 11) is 0. The Morgan fingerprint density at radius 2 is 1.84 bits per heavy atom. The molecule has 1 aromatic rings. The molecule has 4 heteroatoms. The number of carboxylic acid groups (broad SMARTS) is 1. The molecule has 0 amide bonds. The van der Waals surface area contributed by atoms with Gasteiger partial charge < -0.3 is 14.9 Å². The van der Waals surface area contributed by atoms with E-state index < -0.39 is 17.5 Å². The summed E-state index contributed by atoms with van der Waals surface area (Å²) < 4.78 is 5.52. The summed E-state index contributed by atoms with van der Waals surface area (Å²) >= 11 is 0. The average molecular weight is 266 g/mol. The molecule has 2 unspecified atom stereocenters. The first-order valence-electron chi connectivity index (χ1n) is 6.51. The third-order valence-electron chi connectivity index (χ3n) is 3.20. The fraction of sp³-hybridized carbons (Fsp3) is 0.533. The zero-order valence-corrected chi connectivity index (χ0v) is 11.9. The van der Waals surface area contributed by atoms with Gasteiger partial charge in [0.2, 0.25) is 0 Å². The van der Waals surface area contributed by atoms with Crippen LogP contribution in [0.15, 0.2) is 24.3 Å². The van der Waals surface area contributed by atoms with Crippen LogP contribution in [-0.4, -0.2) is 22.3 Å². The summed E-state index contributed by atoms with van der Waals surface area (Å²) in [6, 6.07) is 6.92. The van der Waals surface area contributed by atoms with E-state index >= 15 is 0 Å². The molecule has 0 saturated carbocycles. The molecule has 0 saturated heterocycles. The SMILES string of the molecule is CCC(C(=O)O)C(C)(O)c1ccc(OC(C)C)cc1. The first-order valence-corrected chi connectivity index (χ1v) is 6.51. The van der Waals surface area contributed by atoms with Gasteiger partial charge in [-0.25, -0.2) is 0 Å². The van der Waals surface area contributed by atoms with Gasteiger partial charge in [-0.05, 0) is 44.9 Å². The van der Waals surface area contributed by atoms with Crippen molar-refractivity contribution in [1.29, 1.82) is 0 Å². The van der Waals surface area contributed by atoms with Crippen molar-refractivity contribution >= 4 is 5.97 Å². The van der Waals surface area contributed by atoms with Crippen LogP contribution < -0.4 is 4.74 Å². The maximum atomic E-state index is 11.2. The standard InChI is InChI=1S/C15H22O4/c1-5-13(14(16)17)15(4,18)11-6-8-12(9-7-11)19-10(2)3/h6-10,13,18H,5H2,1-4H3,(H,16,17). The highest BCUT2D eigenvalue weighted by molar-refractivity contribution is 5.71. The van der Waals surface area contributed by atoms with E-state index in [1.807, 2.05) is 13.8 Å². The smallest absolute Gasteiger partial charge is 0.309 e.